The van der Waals surface area contributed by atoms with Crippen molar-refractivity contribution in [3.63, 3.8) is 0 Å². The molecular formula is C36H72N8PtS4. The zero-order valence-electron chi connectivity index (χ0n) is 33.2. The number of nitrogens with zero attached hydrogens (tertiary/aromatic N) is 8. The van der Waals surface area contributed by atoms with Crippen molar-refractivity contribution < 1.29 is 21.1 Å². The Balaban J connectivity index is 0.000000623. The summed E-state index contributed by atoms with van der Waals surface area (Å²) in [5.41, 5.74) is 0. The number of thiocarbonyl (C=S) groups is 4. The predicted molar refractivity (Wildman–Crippen MR) is 225 cm³/mol. The first-order valence-electron chi connectivity index (χ1n) is 18.6. The van der Waals surface area contributed by atoms with Gasteiger partial charge in [0.2, 0.25) is 0 Å². The van der Waals surface area contributed by atoms with E-state index in [1.54, 1.807) is 0 Å². The third kappa shape index (κ3) is 17.2. The minimum Gasteiger partial charge on any atom is -0.352 e. The summed E-state index contributed by atoms with van der Waals surface area (Å²) in [5.74, 6) is 0. The Kier molecular flexibility index (Phi) is 25.1. The fourth-order valence-corrected chi connectivity index (χ4v) is 7.66. The van der Waals surface area contributed by atoms with Gasteiger partial charge in [0.15, 0.2) is 20.4 Å². The molecule has 0 bridgehead atoms. The summed E-state index contributed by atoms with van der Waals surface area (Å²) in [6, 6.07) is 2.16. The molecule has 290 valence electrons. The Morgan fingerprint density at radius 2 is 0.469 bits per heavy atom. The quantitative estimate of drug-likeness (QED) is 0.277. The van der Waals surface area contributed by atoms with E-state index in [0.29, 0.717) is 24.2 Å². The molecule has 0 spiro atoms. The van der Waals surface area contributed by atoms with Crippen LogP contribution in [0, 0.1) is 0 Å². The SMILES string of the molecule is CC(C)N1CCCCN(C)C1=S.CC(C)N1CCCCN(C)C1=S.CC(C)N1CCCCN(C)C1=S.CC(C)N1CCCCN(C)C1=S.[Pt]. The minimum absolute atomic E-state index is 0. The van der Waals surface area contributed by atoms with Gasteiger partial charge in [0.25, 0.3) is 0 Å². The summed E-state index contributed by atoms with van der Waals surface area (Å²) >= 11 is 21.5. The van der Waals surface area contributed by atoms with Crippen LogP contribution in [0.25, 0.3) is 0 Å². The van der Waals surface area contributed by atoms with Gasteiger partial charge in [0.1, 0.15) is 0 Å². The van der Waals surface area contributed by atoms with Gasteiger partial charge in [0.05, 0.1) is 0 Å². The van der Waals surface area contributed by atoms with Crippen LogP contribution in [0.1, 0.15) is 107 Å². The Morgan fingerprint density at radius 1 is 0.327 bits per heavy atom. The van der Waals surface area contributed by atoms with Crippen molar-refractivity contribution in [2.24, 2.45) is 0 Å². The molecule has 4 aliphatic rings. The minimum atomic E-state index is 0. The fraction of sp³-hybridized carbons (Fsp3) is 0.889. The molecule has 4 saturated heterocycles. The van der Waals surface area contributed by atoms with Crippen molar-refractivity contribution in [1.82, 2.24) is 39.2 Å². The van der Waals surface area contributed by atoms with Crippen LogP contribution in [0.2, 0.25) is 0 Å². The number of hydrogen-bond acceptors (Lipinski definition) is 4. The second-order valence-electron chi connectivity index (χ2n) is 14.8. The Hall–Kier alpha value is -0.552. The maximum Gasteiger partial charge on any atom is 0.171 e. The summed E-state index contributed by atoms with van der Waals surface area (Å²) in [6.45, 7) is 26.6. The second kappa shape index (κ2) is 25.4. The van der Waals surface area contributed by atoms with Crippen molar-refractivity contribution in [3.05, 3.63) is 0 Å². The summed E-state index contributed by atoms with van der Waals surface area (Å²) in [4.78, 5) is 18.0. The van der Waals surface area contributed by atoms with Gasteiger partial charge in [-0.2, -0.15) is 0 Å². The first-order chi connectivity index (χ1) is 22.5. The molecule has 0 aromatic carbocycles. The van der Waals surface area contributed by atoms with E-state index in [4.69, 9.17) is 48.9 Å². The molecule has 0 radical (unpaired) electrons. The molecule has 0 atom stereocenters. The topological polar surface area (TPSA) is 25.9 Å². The van der Waals surface area contributed by atoms with Crippen molar-refractivity contribution in [2.45, 2.75) is 131 Å². The number of rotatable bonds is 4. The van der Waals surface area contributed by atoms with Crippen molar-refractivity contribution in [1.29, 1.82) is 0 Å². The van der Waals surface area contributed by atoms with E-state index >= 15 is 0 Å². The van der Waals surface area contributed by atoms with Gasteiger partial charge < -0.3 is 39.2 Å². The maximum absolute atomic E-state index is 5.36. The van der Waals surface area contributed by atoms with Gasteiger partial charge in [0, 0.05) is 126 Å². The largest absolute Gasteiger partial charge is 0.352 e. The Bertz CT molecular complexity index is 831. The van der Waals surface area contributed by atoms with Crippen LogP contribution >= 0.6 is 48.9 Å². The third-order valence-corrected chi connectivity index (χ3v) is 11.5. The first kappa shape index (κ1) is 48.4. The van der Waals surface area contributed by atoms with E-state index in [9.17, 15) is 0 Å². The molecule has 0 aliphatic carbocycles. The van der Waals surface area contributed by atoms with E-state index in [1.807, 2.05) is 0 Å². The van der Waals surface area contributed by atoms with E-state index < -0.39 is 0 Å². The van der Waals surface area contributed by atoms with E-state index in [1.165, 1.54) is 51.4 Å². The molecular weight excluding hydrogens is 868 g/mol. The second-order valence-corrected chi connectivity index (χ2v) is 16.3. The van der Waals surface area contributed by atoms with Gasteiger partial charge in [-0.15, -0.1) is 0 Å². The number of hydrogen-bond donors (Lipinski definition) is 0. The molecule has 0 aromatic rings. The van der Waals surface area contributed by atoms with Crippen LogP contribution < -0.4 is 0 Å². The predicted octanol–water partition coefficient (Wildman–Crippen LogP) is 6.83. The molecule has 0 unspecified atom stereocenters. The molecule has 4 fully saturated rings. The summed E-state index contributed by atoms with van der Waals surface area (Å²) in [6.07, 6.45) is 10.1. The van der Waals surface area contributed by atoms with Crippen molar-refractivity contribution >= 4 is 69.3 Å². The van der Waals surface area contributed by atoms with Gasteiger partial charge in [-0.25, -0.2) is 0 Å². The van der Waals surface area contributed by atoms with Crippen molar-refractivity contribution in [2.75, 3.05) is 80.5 Å². The molecule has 8 nitrogen and oxygen atoms in total. The molecule has 0 saturated carbocycles. The molecule has 0 aromatic heterocycles. The molecule has 4 rings (SSSR count). The van der Waals surface area contributed by atoms with Crippen LogP contribution in [-0.2, 0) is 21.1 Å². The monoisotopic (exact) mass is 939 g/mol. The molecule has 4 heterocycles. The van der Waals surface area contributed by atoms with Crippen LogP contribution in [0.15, 0.2) is 0 Å². The van der Waals surface area contributed by atoms with Crippen LogP contribution in [0.4, 0.5) is 0 Å². The smallest absolute Gasteiger partial charge is 0.171 e. The Morgan fingerprint density at radius 3 is 0.612 bits per heavy atom. The molecule has 13 heteroatoms. The zero-order chi connectivity index (χ0) is 36.6. The van der Waals surface area contributed by atoms with Crippen LogP contribution in [0.5, 0.6) is 0 Å². The molecule has 49 heavy (non-hydrogen) atoms. The molecule has 0 N–H and O–H groups in total. The van der Waals surface area contributed by atoms with Crippen molar-refractivity contribution in [3.8, 4) is 0 Å². The summed E-state index contributed by atoms with van der Waals surface area (Å²) in [5, 5.41) is 4.06. The standard InChI is InChI=1S/4C9H18N2S.Pt/c4*1-8(2)11-7-5-4-6-10(3)9(11)12;/h4*8H,4-7H2,1-3H3;. The van der Waals surface area contributed by atoms with E-state index in [-0.39, 0.29) is 21.1 Å². The molecule has 4 aliphatic heterocycles. The van der Waals surface area contributed by atoms with Gasteiger partial charge in [-0.3, -0.25) is 0 Å². The normalized spacial score (nSPS) is 19.8. The van der Waals surface area contributed by atoms with E-state index in [2.05, 4.69) is 123 Å². The summed E-state index contributed by atoms with van der Waals surface area (Å²) < 4.78 is 0. The summed E-state index contributed by atoms with van der Waals surface area (Å²) in [7, 11) is 8.35. The van der Waals surface area contributed by atoms with E-state index in [0.717, 1.165) is 72.8 Å². The molecule has 0 amide bonds. The van der Waals surface area contributed by atoms with Gasteiger partial charge in [-0.1, -0.05) is 0 Å². The van der Waals surface area contributed by atoms with Gasteiger partial charge >= 0.3 is 0 Å². The third-order valence-electron chi connectivity index (χ3n) is 9.35. The fourth-order valence-electron chi connectivity index (χ4n) is 6.08. The van der Waals surface area contributed by atoms with Crippen LogP contribution in [0.3, 0.4) is 0 Å². The first-order valence-corrected chi connectivity index (χ1v) is 20.2. The average Bonchev–Trinajstić information content (AvgIpc) is 3.46. The zero-order valence-corrected chi connectivity index (χ0v) is 38.7. The van der Waals surface area contributed by atoms with Gasteiger partial charge in [-0.05, 0) is 156 Å². The van der Waals surface area contributed by atoms with Crippen LogP contribution in [-0.4, -0.2) is 164 Å². The average molecular weight is 940 g/mol. The maximum atomic E-state index is 5.36. The Labute approximate surface area is 338 Å².